The average molecular weight is 508 g/mol. The molecule has 1 unspecified atom stereocenters. The molecule has 37 heavy (non-hydrogen) atoms. The third-order valence-corrected chi connectivity index (χ3v) is 5.84. The van der Waals surface area contributed by atoms with Gasteiger partial charge in [0.1, 0.15) is 11.6 Å². The quantitative estimate of drug-likeness (QED) is 0.448. The number of rotatable bonds is 9. The second-order valence-corrected chi connectivity index (χ2v) is 8.73. The van der Waals surface area contributed by atoms with Crippen molar-refractivity contribution < 1.29 is 19.0 Å². The minimum absolute atomic E-state index is 0.00472. The Morgan fingerprint density at radius 2 is 2.03 bits per heavy atom. The van der Waals surface area contributed by atoms with Gasteiger partial charge in [-0.25, -0.2) is 23.5 Å². The first-order valence-corrected chi connectivity index (χ1v) is 11.6. The van der Waals surface area contributed by atoms with Gasteiger partial charge >= 0.3 is 17.3 Å². The lowest BCUT2D eigenvalue weighted by atomic mass is 9.97. The summed E-state index contributed by atoms with van der Waals surface area (Å²) in [6.07, 6.45) is 7.43. The van der Waals surface area contributed by atoms with Crippen molar-refractivity contribution >= 4 is 17.6 Å². The topological polar surface area (TPSA) is 128 Å². The number of nitrogens with zero attached hydrogens (tertiary/aromatic N) is 4. The van der Waals surface area contributed by atoms with Gasteiger partial charge in [0.25, 0.3) is 0 Å². The highest BCUT2D eigenvalue weighted by Crippen LogP contribution is 2.27. The predicted octanol–water partition coefficient (Wildman–Crippen LogP) is 3.78. The van der Waals surface area contributed by atoms with Crippen LogP contribution in [0.15, 0.2) is 69.9 Å². The predicted molar refractivity (Wildman–Crippen MR) is 135 cm³/mol. The molecule has 4 rings (SSSR count). The van der Waals surface area contributed by atoms with Crippen LogP contribution in [-0.4, -0.2) is 30.2 Å². The number of anilines is 2. The Bertz CT molecular complexity index is 1490. The first-order chi connectivity index (χ1) is 17.7. The van der Waals surface area contributed by atoms with E-state index in [4.69, 9.17) is 9.84 Å². The van der Waals surface area contributed by atoms with Gasteiger partial charge in [-0.15, -0.1) is 0 Å². The summed E-state index contributed by atoms with van der Waals surface area (Å²) < 4.78 is 21.0. The molecule has 1 aromatic carbocycles. The number of nitrogens with one attached hydrogen (secondary N) is 1. The molecule has 0 bridgehead atoms. The Morgan fingerprint density at radius 3 is 2.68 bits per heavy atom. The zero-order chi connectivity index (χ0) is 26.5. The van der Waals surface area contributed by atoms with Crippen LogP contribution in [0.2, 0.25) is 0 Å². The number of allylic oxidation sites excluding steroid dienone is 4. The molecule has 3 aromatic rings. The first-order valence-electron chi connectivity index (χ1n) is 11.6. The van der Waals surface area contributed by atoms with Crippen LogP contribution >= 0.6 is 0 Å². The molecule has 11 heteroatoms. The van der Waals surface area contributed by atoms with Gasteiger partial charge in [-0.05, 0) is 56.0 Å². The molecule has 192 valence electrons. The Kier molecular flexibility index (Phi) is 7.61. The number of carboxylic acid groups (broad SMARTS) is 1. The summed E-state index contributed by atoms with van der Waals surface area (Å²) in [6.45, 7) is 3.76. The van der Waals surface area contributed by atoms with E-state index in [1.54, 1.807) is 25.1 Å². The number of hydrogen-bond acceptors (Lipinski definition) is 7. The van der Waals surface area contributed by atoms with E-state index >= 15 is 0 Å². The lowest BCUT2D eigenvalue weighted by Crippen LogP contribution is -2.43. The van der Waals surface area contributed by atoms with Crippen molar-refractivity contribution in [1.29, 1.82) is 0 Å². The maximum Gasteiger partial charge on any atom is 0.354 e. The highest BCUT2D eigenvalue weighted by atomic mass is 19.1. The van der Waals surface area contributed by atoms with Crippen LogP contribution in [0.1, 0.15) is 25.3 Å². The van der Waals surface area contributed by atoms with Crippen LogP contribution in [0.5, 0.6) is 11.6 Å². The summed E-state index contributed by atoms with van der Waals surface area (Å²) >= 11 is 0. The Hall–Kier alpha value is -4.54. The number of aromatic nitrogens is 4. The standard InChI is InChI=1S/C26H26FN5O5/c1-16-3-5-18(6-4-16)15-32-24(30-25(35)31(26(32)36)12-11-23(33)34)29-20-8-9-21(17(2)13-20)37-22-10-7-19(27)14-28-22/h3-5,7-10,13-14,18H,6,11-12,15H2,1-2H3,(H,33,34)(H,29,30,35). The van der Waals surface area contributed by atoms with E-state index in [1.165, 1.54) is 16.7 Å². The third kappa shape index (κ3) is 6.37. The summed E-state index contributed by atoms with van der Waals surface area (Å²) in [5.74, 6) is -0.819. The largest absolute Gasteiger partial charge is 0.481 e. The van der Waals surface area contributed by atoms with E-state index in [2.05, 4.69) is 21.4 Å². The molecule has 0 saturated heterocycles. The van der Waals surface area contributed by atoms with Crippen LogP contribution in [-0.2, 0) is 17.9 Å². The molecule has 0 spiro atoms. The van der Waals surface area contributed by atoms with Crippen LogP contribution in [0.4, 0.5) is 16.0 Å². The van der Waals surface area contributed by atoms with E-state index < -0.39 is 23.2 Å². The zero-order valence-electron chi connectivity index (χ0n) is 20.3. The monoisotopic (exact) mass is 507 g/mol. The average Bonchev–Trinajstić information content (AvgIpc) is 2.85. The molecule has 2 aromatic heterocycles. The number of aliphatic carboxylic acids is 1. The van der Waals surface area contributed by atoms with Crippen molar-refractivity contribution in [2.24, 2.45) is 5.92 Å². The molecule has 10 nitrogen and oxygen atoms in total. The van der Waals surface area contributed by atoms with Crippen molar-refractivity contribution in [3.8, 4) is 11.6 Å². The lowest BCUT2D eigenvalue weighted by molar-refractivity contribution is -0.137. The highest BCUT2D eigenvalue weighted by Gasteiger charge is 2.18. The second-order valence-electron chi connectivity index (χ2n) is 8.73. The van der Waals surface area contributed by atoms with E-state index in [0.29, 0.717) is 17.9 Å². The molecule has 0 fully saturated rings. The van der Waals surface area contributed by atoms with Crippen molar-refractivity contribution in [1.82, 2.24) is 19.1 Å². The second kappa shape index (κ2) is 11.0. The van der Waals surface area contributed by atoms with Gasteiger partial charge in [0.2, 0.25) is 11.8 Å². The van der Waals surface area contributed by atoms with Crippen LogP contribution < -0.4 is 21.4 Å². The van der Waals surface area contributed by atoms with E-state index in [0.717, 1.165) is 21.9 Å². The summed E-state index contributed by atoms with van der Waals surface area (Å²) in [7, 11) is 0. The first kappa shape index (κ1) is 25.5. The zero-order valence-corrected chi connectivity index (χ0v) is 20.3. The molecular formula is C26H26FN5O5. The summed E-state index contributed by atoms with van der Waals surface area (Å²) in [5.41, 5.74) is 0.924. The molecule has 1 aliphatic carbocycles. The third-order valence-electron chi connectivity index (χ3n) is 5.84. The molecule has 0 radical (unpaired) electrons. The SMILES string of the molecule is CC1=CCC(Cn2c(Nc3ccc(Oc4ccc(F)cn4)c(C)c3)nc(=O)n(CCC(=O)O)c2=O)C=C1. The fraction of sp³-hybridized carbons (Fsp3) is 0.269. The van der Waals surface area contributed by atoms with Gasteiger partial charge in [-0.2, -0.15) is 4.98 Å². The van der Waals surface area contributed by atoms with Gasteiger partial charge in [-0.3, -0.25) is 9.36 Å². The summed E-state index contributed by atoms with van der Waals surface area (Å²) in [6, 6.07) is 7.77. The molecule has 1 aliphatic rings. The van der Waals surface area contributed by atoms with Crippen LogP contribution in [0.3, 0.4) is 0 Å². The molecule has 2 heterocycles. The Balaban J connectivity index is 1.63. The smallest absolute Gasteiger partial charge is 0.354 e. The number of carboxylic acids is 1. The van der Waals surface area contributed by atoms with E-state index in [-0.39, 0.29) is 37.3 Å². The number of pyridine rings is 1. The Morgan fingerprint density at radius 1 is 1.22 bits per heavy atom. The van der Waals surface area contributed by atoms with Gasteiger partial charge in [0.05, 0.1) is 12.6 Å². The minimum atomic E-state index is -1.12. The highest BCUT2D eigenvalue weighted by molar-refractivity contribution is 5.66. The van der Waals surface area contributed by atoms with Gasteiger partial charge in [-0.1, -0.05) is 23.8 Å². The normalized spacial score (nSPS) is 14.8. The minimum Gasteiger partial charge on any atom is -0.481 e. The number of carbonyl (C=O) groups is 1. The van der Waals surface area contributed by atoms with Gasteiger partial charge in [0.15, 0.2) is 0 Å². The van der Waals surface area contributed by atoms with Crippen molar-refractivity contribution in [3.63, 3.8) is 0 Å². The lowest BCUT2D eigenvalue weighted by Gasteiger charge is -2.20. The maximum absolute atomic E-state index is 13.3. The molecule has 0 amide bonds. The number of halogens is 1. The van der Waals surface area contributed by atoms with Crippen molar-refractivity contribution in [3.05, 3.63) is 92.7 Å². The number of aryl methyl sites for hydroxylation is 1. The number of benzene rings is 1. The van der Waals surface area contributed by atoms with Crippen molar-refractivity contribution in [2.75, 3.05) is 5.32 Å². The van der Waals surface area contributed by atoms with E-state index in [1.807, 2.05) is 19.1 Å². The summed E-state index contributed by atoms with van der Waals surface area (Å²) in [5, 5.41) is 12.1. The fourth-order valence-corrected chi connectivity index (χ4v) is 3.84. The summed E-state index contributed by atoms with van der Waals surface area (Å²) in [4.78, 5) is 44.9. The molecule has 2 N–H and O–H groups in total. The Labute approximate surface area is 211 Å². The molecular weight excluding hydrogens is 481 g/mol. The number of hydrogen-bond donors (Lipinski definition) is 2. The molecule has 0 saturated carbocycles. The number of ether oxygens (including phenoxy) is 1. The van der Waals surface area contributed by atoms with Crippen molar-refractivity contribution in [2.45, 2.75) is 39.8 Å². The van der Waals surface area contributed by atoms with E-state index in [9.17, 15) is 18.8 Å². The fourth-order valence-electron chi connectivity index (χ4n) is 3.84. The molecule has 0 aliphatic heterocycles. The van der Waals surface area contributed by atoms with Gasteiger partial charge < -0.3 is 15.2 Å². The van der Waals surface area contributed by atoms with Gasteiger partial charge in [0, 0.05) is 24.8 Å². The maximum atomic E-state index is 13.3. The van der Waals surface area contributed by atoms with Crippen LogP contribution in [0.25, 0.3) is 0 Å². The molecule has 1 atom stereocenters. The van der Waals surface area contributed by atoms with Crippen LogP contribution in [0, 0.1) is 18.7 Å².